The Labute approximate surface area is 104 Å². The summed E-state index contributed by atoms with van der Waals surface area (Å²) in [5.41, 5.74) is 0. The van der Waals surface area contributed by atoms with Crippen LogP contribution in [0.1, 0.15) is 12.8 Å². The van der Waals surface area contributed by atoms with Crippen molar-refractivity contribution >= 4 is 12.2 Å². The molecular weight excluding hydrogens is 250 g/mol. The van der Waals surface area contributed by atoms with Crippen molar-refractivity contribution in [3.63, 3.8) is 0 Å². The second kappa shape index (κ2) is 11.9. The standard InChI is InChI=1S/C10H18F2N2O4/c11-3-7-17-9(15)13-5-1-2-6-14-10(16)18-8-4-12/h1-8H2,(H,13,15)(H,14,16). The van der Waals surface area contributed by atoms with Gasteiger partial charge in [-0.05, 0) is 12.8 Å². The van der Waals surface area contributed by atoms with Gasteiger partial charge in [0, 0.05) is 13.1 Å². The minimum atomic E-state index is -0.710. The Morgan fingerprint density at radius 1 is 0.833 bits per heavy atom. The second-order valence-corrected chi connectivity index (χ2v) is 3.21. The molecule has 2 amide bonds. The van der Waals surface area contributed by atoms with Crippen LogP contribution in [0, 0.1) is 0 Å². The number of rotatable bonds is 9. The van der Waals surface area contributed by atoms with Crippen molar-refractivity contribution < 1.29 is 27.8 Å². The topological polar surface area (TPSA) is 76.7 Å². The van der Waals surface area contributed by atoms with E-state index in [2.05, 4.69) is 20.1 Å². The summed E-state index contributed by atoms with van der Waals surface area (Å²) in [6.45, 7) is -1.20. The highest BCUT2D eigenvalue weighted by Gasteiger charge is 2.01. The minimum absolute atomic E-state index is 0.256. The number of ether oxygens (including phenoxy) is 2. The smallest absolute Gasteiger partial charge is 0.407 e. The number of nitrogens with one attached hydrogen (secondary N) is 2. The van der Waals surface area contributed by atoms with E-state index in [0.717, 1.165) is 0 Å². The second-order valence-electron chi connectivity index (χ2n) is 3.21. The van der Waals surface area contributed by atoms with Crippen molar-refractivity contribution in [2.45, 2.75) is 12.8 Å². The molecule has 0 aromatic heterocycles. The van der Waals surface area contributed by atoms with Gasteiger partial charge in [0.15, 0.2) is 0 Å². The van der Waals surface area contributed by atoms with Crippen molar-refractivity contribution in [1.29, 1.82) is 0 Å². The molecular formula is C10H18F2N2O4. The number of halogens is 2. The molecule has 0 aliphatic carbocycles. The van der Waals surface area contributed by atoms with Crippen LogP contribution in [-0.2, 0) is 9.47 Å². The number of carbonyl (C=O) groups is 2. The van der Waals surface area contributed by atoms with Gasteiger partial charge in [0.05, 0.1) is 0 Å². The molecule has 0 rings (SSSR count). The molecule has 0 unspecified atom stereocenters. The molecule has 0 aliphatic rings. The van der Waals surface area contributed by atoms with E-state index < -0.39 is 25.5 Å². The summed E-state index contributed by atoms with van der Waals surface area (Å²) in [4.78, 5) is 21.7. The predicted molar refractivity (Wildman–Crippen MR) is 59.9 cm³/mol. The van der Waals surface area contributed by atoms with E-state index >= 15 is 0 Å². The fourth-order valence-electron chi connectivity index (χ4n) is 0.996. The van der Waals surface area contributed by atoms with E-state index in [1.165, 1.54) is 0 Å². The third-order valence-corrected chi connectivity index (χ3v) is 1.76. The Morgan fingerprint density at radius 2 is 1.22 bits per heavy atom. The number of carbonyl (C=O) groups excluding carboxylic acids is 2. The van der Waals surface area contributed by atoms with Crippen LogP contribution in [0.2, 0.25) is 0 Å². The van der Waals surface area contributed by atoms with Gasteiger partial charge >= 0.3 is 12.2 Å². The zero-order valence-electron chi connectivity index (χ0n) is 10.0. The van der Waals surface area contributed by atoms with Gasteiger partial charge in [-0.15, -0.1) is 0 Å². The average Bonchev–Trinajstić information content (AvgIpc) is 2.37. The molecule has 6 nitrogen and oxygen atoms in total. The maximum absolute atomic E-state index is 11.6. The van der Waals surface area contributed by atoms with E-state index in [9.17, 15) is 18.4 Å². The molecule has 0 spiro atoms. The average molecular weight is 268 g/mol. The first-order valence-corrected chi connectivity index (χ1v) is 5.64. The molecule has 0 heterocycles. The summed E-state index contributed by atoms with van der Waals surface area (Å²) in [6.07, 6.45) is -0.0895. The Hall–Kier alpha value is -1.60. The van der Waals surface area contributed by atoms with Crippen LogP contribution in [0.4, 0.5) is 18.4 Å². The molecule has 0 fully saturated rings. The molecule has 0 saturated heterocycles. The molecule has 0 aromatic rings. The van der Waals surface area contributed by atoms with E-state index in [0.29, 0.717) is 25.9 Å². The van der Waals surface area contributed by atoms with Crippen molar-refractivity contribution in [3.05, 3.63) is 0 Å². The van der Waals surface area contributed by atoms with E-state index in [4.69, 9.17) is 0 Å². The summed E-state index contributed by atoms with van der Waals surface area (Å²) in [6, 6.07) is 0. The lowest BCUT2D eigenvalue weighted by molar-refractivity contribution is 0.135. The van der Waals surface area contributed by atoms with Gasteiger partial charge in [0.2, 0.25) is 0 Å². The van der Waals surface area contributed by atoms with Gasteiger partial charge in [-0.2, -0.15) is 0 Å². The van der Waals surface area contributed by atoms with Crippen molar-refractivity contribution in [2.24, 2.45) is 0 Å². The molecule has 0 aliphatic heterocycles. The maximum Gasteiger partial charge on any atom is 0.407 e. The zero-order chi connectivity index (χ0) is 13.6. The Balaban J connectivity index is 3.25. The van der Waals surface area contributed by atoms with Crippen molar-refractivity contribution in [2.75, 3.05) is 39.7 Å². The Morgan fingerprint density at radius 3 is 1.56 bits per heavy atom. The number of hydrogen-bond acceptors (Lipinski definition) is 4. The molecule has 8 heteroatoms. The van der Waals surface area contributed by atoms with Crippen molar-refractivity contribution in [3.8, 4) is 0 Å². The summed E-state index contributed by atoms with van der Waals surface area (Å²) in [5.74, 6) is 0. The quantitative estimate of drug-likeness (QED) is 0.615. The van der Waals surface area contributed by atoms with Crippen LogP contribution >= 0.6 is 0 Å². The van der Waals surface area contributed by atoms with Gasteiger partial charge in [-0.25, -0.2) is 18.4 Å². The van der Waals surface area contributed by atoms with Crippen molar-refractivity contribution in [1.82, 2.24) is 10.6 Å². The van der Waals surface area contributed by atoms with Crippen LogP contribution < -0.4 is 10.6 Å². The fourth-order valence-corrected chi connectivity index (χ4v) is 0.996. The number of alkyl carbamates (subject to hydrolysis) is 2. The number of hydrogen-bond donors (Lipinski definition) is 2. The summed E-state index contributed by atoms with van der Waals surface area (Å²) >= 11 is 0. The highest BCUT2D eigenvalue weighted by molar-refractivity contribution is 5.67. The first-order chi connectivity index (χ1) is 8.70. The fraction of sp³-hybridized carbons (Fsp3) is 0.800. The number of alkyl halides is 2. The van der Waals surface area contributed by atoms with Crippen LogP contribution in [0.15, 0.2) is 0 Å². The maximum atomic E-state index is 11.6. The SMILES string of the molecule is O=C(NCCCCNC(=O)OCCF)OCCF. The van der Waals surface area contributed by atoms with E-state index in [1.54, 1.807) is 0 Å². The summed E-state index contributed by atoms with van der Waals surface area (Å²) < 4.78 is 32.1. The lowest BCUT2D eigenvalue weighted by Crippen LogP contribution is -2.28. The molecule has 0 radical (unpaired) electrons. The predicted octanol–water partition coefficient (Wildman–Crippen LogP) is 1.16. The lowest BCUT2D eigenvalue weighted by Gasteiger charge is -2.06. The summed E-state index contributed by atoms with van der Waals surface area (Å²) in [7, 11) is 0. The first kappa shape index (κ1) is 16.4. The molecule has 18 heavy (non-hydrogen) atoms. The highest BCUT2D eigenvalue weighted by atomic mass is 19.1. The van der Waals surface area contributed by atoms with Crippen LogP contribution in [0.3, 0.4) is 0 Å². The van der Waals surface area contributed by atoms with E-state index in [1.807, 2.05) is 0 Å². The monoisotopic (exact) mass is 268 g/mol. The third kappa shape index (κ3) is 10.9. The minimum Gasteiger partial charge on any atom is -0.447 e. The largest absolute Gasteiger partial charge is 0.447 e. The van der Waals surface area contributed by atoms with Crippen LogP contribution in [0.25, 0.3) is 0 Å². The normalized spacial score (nSPS) is 9.67. The van der Waals surface area contributed by atoms with Gasteiger partial charge in [0.1, 0.15) is 26.6 Å². The van der Waals surface area contributed by atoms with Gasteiger partial charge in [0.25, 0.3) is 0 Å². The molecule has 0 saturated carbocycles. The van der Waals surface area contributed by atoms with Crippen LogP contribution in [-0.4, -0.2) is 51.8 Å². The zero-order valence-corrected chi connectivity index (χ0v) is 10.0. The Bertz CT molecular complexity index is 218. The molecule has 0 bridgehead atoms. The molecule has 0 atom stereocenters. The van der Waals surface area contributed by atoms with Gasteiger partial charge < -0.3 is 20.1 Å². The lowest BCUT2D eigenvalue weighted by atomic mass is 10.3. The number of amides is 2. The van der Waals surface area contributed by atoms with E-state index in [-0.39, 0.29) is 13.2 Å². The van der Waals surface area contributed by atoms with Crippen LogP contribution in [0.5, 0.6) is 0 Å². The molecule has 106 valence electrons. The highest BCUT2D eigenvalue weighted by Crippen LogP contribution is 1.87. The van der Waals surface area contributed by atoms with Gasteiger partial charge in [-0.1, -0.05) is 0 Å². The Kier molecular flexibility index (Phi) is 10.8. The molecule has 0 aromatic carbocycles. The molecule has 2 N–H and O–H groups in total. The number of unbranched alkanes of at least 4 members (excludes halogenated alkanes) is 1. The first-order valence-electron chi connectivity index (χ1n) is 5.64. The summed E-state index contributed by atoms with van der Waals surface area (Å²) in [5, 5.41) is 4.84. The third-order valence-electron chi connectivity index (χ3n) is 1.76. The van der Waals surface area contributed by atoms with Gasteiger partial charge in [-0.3, -0.25) is 0 Å².